The van der Waals surface area contributed by atoms with Gasteiger partial charge in [-0.15, -0.1) is 0 Å². The van der Waals surface area contributed by atoms with Gasteiger partial charge in [0.05, 0.1) is 18.4 Å². The third-order valence-electron chi connectivity index (χ3n) is 4.62. The number of amides is 1. The average Bonchev–Trinajstić information content (AvgIpc) is 3.40. The van der Waals surface area contributed by atoms with Gasteiger partial charge in [-0.2, -0.15) is 5.10 Å². The first-order valence-electron chi connectivity index (χ1n) is 9.70. The van der Waals surface area contributed by atoms with E-state index in [4.69, 9.17) is 10.3 Å². The van der Waals surface area contributed by atoms with E-state index in [0.29, 0.717) is 22.6 Å². The fraction of sp³-hybridized carbons (Fsp3) is 0.190. The number of nitrogens with two attached hydrogens (primary N) is 1. The number of rotatable bonds is 8. The minimum atomic E-state index is -0.687. The zero-order valence-electron chi connectivity index (χ0n) is 17.0. The number of carbonyl (C=O) groups excluding carboxylic acids is 1. The lowest BCUT2D eigenvalue weighted by molar-refractivity contribution is -0.118. The largest absolute Gasteiger partial charge is 0.370 e. The predicted octanol–water partition coefficient (Wildman–Crippen LogP) is 3.00. The van der Waals surface area contributed by atoms with Crippen LogP contribution in [0.2, 0.25) is 0 Å². The fourth-order valence-corrected chi connectivity index (χ4v) is 3.16. The monoisotopic (exact) mass is 439 g/mol. The van der Waals surface area contributed by atoms with E-state index in [1.165, 1.54) is 12.3 Å². The maximum atomic E-state index is 14.2. The zero-order chi connectivity index (χ0) is 22.7. The summed E-state index contributed by atoms with van der Waals surface area (Å²) in [5, 5.41) is 11.2. The SMILES string of the molecule is CC(CC(N)=O)Nc1nc(-c2cc(-c3ccon3)n(Cc3ccccc3F)n2)ncc1F. The molecule has 0 spiro atoms. The number of hydrogen-bond donors (Lipinski definition) is 2. The number of primary amides is 1. The van der Waals surface area contributed by atoms with Crippen LogP contribution in [-0.2, 0) is 11.3 Å². The van der Waals surface area contributed by atoms with Crippen LogP contribution in [0.15, 0.2) is 53.4 Å². The molecule has 0 saturated heterocycles. The Morgan fingerprint density at radius 1 is 1.22 bits per heavy atom. The number of nitrogens with one attached hydrogen (secondary N) is 1. The molecule has 1 aromatic carbocycles. The number of anilines is 1. The Morgan fingerprint density at radius 3 is 2.75 bits per heavy atom. The van der Waals surface area contributed by atoms with E-state index in [0.717, 1.165) is 6.20 Å². The molecule has 3 aromatic heterocycles. The van der Waals surface area contributed by atoms with Crippen molar-refractivity contribution in [1.29, 1.82) is 0 Å². The van der Waals surface area contributed by atoms with E-state index >= 15 is 0 Å². The third-order valence-corrected chi connectivity index (χ3v) is 4.62. The fourth-order valence-electron chi connectivity index (χ4n) is 3.16. The molecule has 1 atom stereocenters. The molecule has 164 valence electrons. The normalized spacial score (nSPS) is 12.0. The maximum absolute atomic E-state index is 14.2. The smallest absolute Gasteiger partial charge is 0.219 e. The predicted molar refractivity (Wildman–Crippen MR) is 111 cm³/mol. The van der Waals surface area contributed by atoms with Gasteiger partial charge < -0.3 is 15.6 Å². The Labute approximate surface area is 181 Å². The van der Waals surface area contributed by atoms with Crippen molar-refractivity contribution >= 4 is 11.7 Å². The van der Waals surface area contributed by atoms with Crippen LogP contribution in [0.25, 0.3) is 22.9 Å². The highest BCUT2D eigenvalue weighted by Crippen LogP contribution is 2.26. The lowest BCUT2D eigenvalue weighted by atomic mass is 10.2. The van der Waals surface area contributed by atoms with E-state index < -0.39 is 17.8 Å². The first-order valence-corrected chi connectivity index (χ1v) is 9.70. The van der Waals surface area contributed by atoms with Gasteiger partial charge >= 0.3 is 0 Å². The van der Waals surface area contributed by atoms with Crippen molar-refractivity contribution in [3.63, 3.8) is 0 Å². The highest BCUT2D eigenvalue weighted by Gasteiger charge is 2.19. The standard InChI is InChI=1S/C21H19F2N7O2/c1-12(8-19(24)31)26-20-15(23)10-25-21(27-20)17-9-18(16-6-7-32-29-16)30(28-17)11-13-4-2-3-5-14(13)22/h2-7,9-10,12H,8,11H2,1H3,(H2,24,31)(H,25,26,27). The molecule has 1 amide bonds. The van der Waals surface area contributed by atoms with Crippen LogP contribution in [-0.4, -0.2) is 36.9 Å². The molecule has 9 nitrogen and oxygen atoms in total. The van der Waals surface area contributed by atoms with Gasteiger partial charge in [0.1, 0.15) is 23.5 Å². The molecule has 0 saturated carbocycles. The average molecular weight is 439 g/mol. The van der Waals surface area contributed by atoms with Crippen LogP contribution in [0, 0.1) is 11.6 Å². The maximum Gasteiger partial charge on any atom is 0.219 e. The van der Waals surface area contributed by atoms with Crippen LogP contribution in [0.3, 0.4) is 0 Å². The molecule has 11 heteroatoms. The Bertz CT molecular complexity index is 1240. The topological polar surface area (TPSA) is 125 Å². The summed E-state index contributed by atoms with van der Waals surface area (Å²) in [5.74, 6) is -1.53. The summed E-state index contributed by atoms with van der Waals surface area (Å²) in [6.45, 7) is 1.80. The van der Waals surface area contributed by atoms with E-state index in [-0.39, 0.29) is 30.4 Å². The second-order valence-electron chi connectivity index (χ2n) is 7.15. The van der Waals surface area contributed by atoms with Crippen molar-refractivity contribution in [2.24, 2.45) is 5.73 Å². The van der Waals surface area contributed by atoms with Crippen molar-refractivity contribution in [3.05, 3.63) is 66.1 Å². The summed E-state index contributed by atoms with van der Waals surface area (Å²) >= 11 is 0. The van der Waals surface area contributed by atoms with Gasteiger partial charge in [0.15, 0.2) is 17.5 Å². The van der Waals surface area contributed by atoms with Crippen LogP contribution in [0.1, 0.15) is 18.9 Å². The van der Waals surface area contributed by atoms with Crippen LogP contribution in [0.5, 0.6) is 0 Å². The molecule has 3 N–H and O–H groups in total. The van der Waals surface area contributed by atoms with E-state index in [1.807, 2.05) is 0 Å². The first kappa shape index (κ1) is 21.1. The molecule has 0 aliphatic rings. The van der Waals surface area contributed by atoms with Crippen molar-refractivity contribution in [3.8, 4) is 22.9 Å². The lowest BCUT2D eigenvalue weighted by Gasteiger charge is -2.13. The van der Waals surface area contributed by atoms with Crippen molar-refractivity contribution < 1.29 is 18.1 Å². The third kappa shape index (κ3) is 4.61. The number of halogens is 2. The number of benzene rings is 1. The van der Waals surface area contributed by atoms with Gasteiger partial charge in [-0.1, -0.05) is 23.4 Å². The van der Waals surface area contributed by atoms with Crippen LogP contribution in [0.4, 0.5) is 14.6 Å². The lowest BCUT2D eigenvalue weighted by Crippen LogP contribution is -2.25. The second-order valence-corrected chi connectivity index (χ2v) is 7.15. The number of nitrogens with zero attached hydrogens (tertiary/aromatic N) is 5. The summed E-state index contributed by atoms with van der Waals surface area (Å²) in [7, 11) is 0. The molecule has 3 heterocycles. The molecule has 1 unspecified atom stereocenters. The minimum absolute atomic E-state index is 0.00630. The summed E-state index contributed by atoms with van der Waals surface area (Å²) in [6.07, 6.45) is 2.42. The van der Waals surface area contributed by atoms with Gasteiger partial charge in [-0.05, 0) is 19.1 Å². The van der Waals surface area contributed by atoms with Crippen LogP contribution < -0.4 is 11.1 Å². The Morgan fingerprint density at radius 2 is 2.03 bits per heavy atom. The van der Waals surface area contributed by atoms with Gasteiger partial charge in [-0.3, -0.25) is 9.48 Å². The van der Waals surface area contributed by atoms with Gasteiger partial charge in [0, 0.05) is 24.1 Å². The zero-order valence-corrected chi connectivity index (χ0v) is 17.0. The van der Waals surface area contributed by atoms with Crippen molar-refractivity contribution in [2.75, 3.05) is 5.32 Å². The number of hydrogen-bond acceptors (Lipinski definition) is 7. The quantitative estimate of drug-likeness (QED) is 0.432. The summed E-state index contributed by atoms with van der Waals surface area (Å²) < 4.78 is 34.9. The molecule has 0 radical (unpaired) electrons. The molecule has 0 fully saturated rings. The molecule has 0 bridgehead atoms. The van der Waals surface area contributed by atoms with Crippen LogP contribution >= 0.6 is 0 Å². The van der Waals surface area contributed by atoms with Gasteiger partial charge in [-0.25, -0.2) is 18.7 Å². The molecular weight excluding hydrogens is 420 g/mol. The summed E-state index contributed by atoms with van der Waals surface area (Å²) in [4.78, 5) is 19.3. The Hall–Kier alpha value is -4.15. The second kappa shape index (κ2) is 8.92. The first-order chi connectivity index (χ1) is 15.4. The summed E-state index contributed by atoms with van der Waals surface area (Å²) in [6, 6.07) is 9.21. The minimum Gasteiger partial charge on any atom is -0.370 e. The van der Waals surface area contributed by atoms with Crippen molar-refractivity contribution in [1.82, 2.24) is 24.9 Å². The number of carbonyl (C=O) groups is 1. The van der Waals surface area contributed by atoms with Gasteiger partial charge in [0.2, 0.25) is 5.91 Å². The van der Waals surface area contributed by atoms with E-state index in [1.54, 1.807) is 41.9 Å². The summed E-state index contributed by atoms with van der Waals surface area (Å²) in [5.41, 5.74) is 6.96. The van der Waals surface area contributed by atoms with E-state index in [9.17, 15) is 13.6 Å². The van der Waals surface area contributed by atoms with Crippen molar-refractivity contribution in [2.45, 2.75) is 25.9 Å². The Kier molecular flexibility index (Phi) is 5.88. The molecule has 4 rings (SSSR count). The molecule has 0 aliphatic carbocycles. The Balaban J connectivity index is 1.70. The van der Waals surface area contributed by atoms with E-state index in [2.05, 4.69) is 25.5 Å². The molecule has 4 aromatic rings. The molecule has 32 heavy (non-hydrogen) atoms. The molecule has 0 aliphatic heterocycles. The highest BCUT2D eigenvalue weighted by atomic mass is 19.1. The highest BCUT2D eigenvalue weighted by molar-refractivity contribution is 5.74. The number of aromatic nitrogens is 5. The molecular formula is C21H19F2N7O2. The van der Waals surface area contributed by atoms with Gasteiger partial charge in [0.25, 0.3) is 0 Å².